The van der Waals surface area contributed by atoms with E-state index in [0.717, 1.165) is 0 Å². The number of hydrogen-bond acceptors (Lipinski definition) is 4. The molecule has 1 N–H and O–H groups in total. The quantitative estimate of drug-likeness (QED) is 0.857. The summed E-state index contributed by atoms with van der Waals surface area (Å²) in [6.45, 7) is 1.25. The lowest BCUT2D eigenvalue weighted by atomic mass is 9.99. The van der Waals surface area contributed by atoms with Crippen LogP contribution in [-0.4, -0.2) is 47.0 Å². The van der Waals surface area contributed by atoms with Gasteiger partial charge in [-0.1, -0.05) is 18.2 Å². The molecular weight excluding hydrogens is 312 g/mol. The number of piperidine rings is 1. The molecule has 1 aromatic rings. The van der Waals surface area contributed by atoms with Crippen molar-refractivity contribution in [3.63, 3.8) is 0 Å². The van der Waals surface area contributed by atoms with Gasteiger partial charge in [-0.3, -0.25) is 0 Å². The van der Waals surface area contributed by atoms with Crippen molar-refractivity contribution in [1.29, 1.82) is 0 Å². The smallest absolute Gasteiger partial charge is 0.213 e. The fraction of sp³-hybridized carbons (Fsp3) is 0.538. The molecule has 1 aliphatic rings. The Morgan fingerprint density at radius 2 is 1.67 bits per heavy atom. The largest absolute Gasteiger partial charge is 0.240 e. The Balaban J connectivity index is 1.88. The molecule has 0 spiro atoms. The van der Waals surface area contributed by atoms with Crippen LogP contribution in [0.2, 0.25) is 0 Å². The highest BCUT2D eigenvalue weighted by molar-refractivity contribution is 7.89. The van der Waals surface area contributed by atoms with E-state index in [1.54, 1.807) is 30.3 Å². The molecule has 0 amide bonds. The Hall–Kier alpha value is -0.960. The van der Waals surface area contributed by atoms with Gasteiger partial charge in [-0.05, 0) is 30.9 Å². The third kappa shape index (κ3) is 4.50. The Labute approximate surface area is 126 Å². The molecule has 0 atom stereocenters. The van der Waals surface area contributed by atoms with Gasteiger partial charge in [-0.15, -0.1) is 0 Å². The van der Waals surface area contributed by atoms with Gasteiger partial charge >= 0.3 is 0 Å². The topological polar surface area (TPSA) is 83.6 Å². The second-order valence-corrected chi connectivity index (χ2v) is 9.02. The van der Waals surface area contributed by atoms with Crippen LogP contribution in [0, 0.1) is 5.92 Å². The Kier molecular flexibility index (Phi) is 5.03. The second-order valence-electron chi connectivity index (χ2n) is 5.27. The molecule has 118 valence electrons. The molecule has 1 aromatic carbocycles. The van der Waals surface area contributed by atoms with Gasteiger partial charge in [0, 0.05) is 19.6 Å². The summed E-state index contributed by atoms with van der Waals surface area (Å²) in [5, 5.41) is 0. The predicted octanol–water partition coefficient (Wildman–Crippen LogP) is 0.637. The lowest BCUT2D eigenvalue weighted by molar-refractivity contribution is 0.275. The van der Waals surface area contributed by atoms with Crippen molar-refractivity contribution >= 4 is 20.0 Å². The molecule has 1 heterocycles. The molecule has 1 saturated heterocycles. The van der Waals surface area contributed by atoms with Gasteiger partial charge in [0.1, 0.15) is 0 Å². The summed E-state index contributed by atoms with van der Waals surface area (Å²) < 4.78 is 51.0. The van der Waals surface area contributed by atoms with Gasteiger partial charge in [-0.25, -0.2) is 25.9 Å². The van der Waals surface area contributed by atoms with Gasteiger partial charge in [0.15, 0.2) is 0 Å². The minimum absolute atomic E-state index is 0.168. The van der Waals surface area contributed by atoms with Crippen molar-refractivity contribution in [1.82, 2.24) is 9.03 Å². The zero-order valence-corrected chi connectivity index (χ0v) is 13.5. The van der Waals surface area contributed by atoms with Crippen LogP contribution >= 0.6 is 0 Å². The molecule has 0 aromatic heterocycles. The third-order valence-electron chi connectivity index (χ3n) is 3.66. The van der Waals surface area contributed by atoms with Crippen molar-refractivity contribution in [3.8, 4) is 0 Å². The lowest BCUT2D eigenvalue weighted by Gasteiger charge is -2.30. The van der Waals surface area contributed by atoms with Crippen molar-refractivity contribution < 1.29 is 16.8 Å². The molecule has 6 nitrogen and oxygen atoms in total. The maximum absolute atomic E-state index is 12.1. The zero-order valence-electron chi connectivity index (χ0n) is 11.9. The average Bonchev–Trinajstić information content (AvgIpc) is 2.46. The molecule has 8 heteroatoms. The van der Waals surface area contributed by atoms with Gasteiger partial charge in [0.25, 0.3) is 0 Å². The minimum Gasteiger partial charge on any atom is -0.213 e. The molecule has 1 fully saturated rings. The first-order valence-corrected chi connectivity index (χ1v) is 10.1. The second kappa shape index (κ2) is 6.43. The molecule has 0 radical (unpaired) electrons. The Bertz CT molecular complexity index is 663. The van der Waals surface area contributed by atoms with E-state index in [4.69, 9.17) is 0 Å². The highest BCUT2D eigenvalue weighted by atomic mass is 32.2. The molecule has 1 aliphatic heterocycles. The van der Waals surface area contributed by atoms with E-state index in [9.17, 15) is 16.8 Å². The van der Waals surface area contributed by atoms with Gasteiger partial charge in [0.2, 0.25) is 20.0 Å². The first kappa shape index (κ1) is 16.4. The van der Waals surface area contributed by atoms with E-state index in [-0.39, 0.29) is 10.8 Å². The van der Waals surface area contributed by atoms with Crippen molar-refractivity contribution in [2.24, 2.45) is 5.92 Å². The van der Waals surface area contributed by atoms with E-state index >= 15 is 0 Å². The maximum Gasteiger partial charge on any atom is 0.240 e. The van der Waals surface area contributed by atoms with Gasteiger partial charge in [0.05, 0.1) is 11.2 Å². The molecular formula is C13H20N2O4S2. The Morgan fingerprint density at radius 3 is 2.19 bits per heavy atom. The van der Waals surface area contributed by atoms with Crippen LogP contribution < -0.4 is 4.72 Å². The van der Waals surface area contributed by atoms with Crippen LogP contribution in [0.3, 0.4) is 0 Å². The monoisotopic (exact) mass is 332 g/mol. The van der Waals surface area contributed by atoms with Gasteiger partial charge < -0.3 is 0 Å². The predicted molar refractivity (Wildman–Crippen MR) is 80.8 cm³/mol. The first-order valence-electron chi connectivity index (χ1n) is 6.79. The van der Waals surface area contributed by atoms with Crippen LogP contribution in [0.25, 0.3) is 0 Å². The number of rotatable bonds is 5. The van der Waals surface area contributed by atoms with Crippen molar-refractivity contribution in [2.75, 3.05) is 25.9 Å². The number of sulfonamides is 2. The number of benzene rings is 1. The van der Waals surface area contributed by atoms with E-state index in [1.807, 2.05) is 0 Å². The van der Waals surface area contributed by atoms with Gasteiger partial charge in [-0.2, -0.15) is 0 Å². The highest BCUT2D eigenvalue weighted by Gasteiger charge is 2.25. The molecule has 21 heavy (non-hydrogen) atoms. The SMILES string of the molecule is CS(=O)(=O)N1CCC(CNS(=O)(=O)c2ccccc2)CC1. The number of nitrogens with zero attached hydrogens (tertiary/aromatic N) is 1. The minimum atomic E-state index is -3.48. The molecule has 2 rings (SSSR count). The summed E-state index contributed by atoms with van der Waals surface area (Å²) in [5.41, 5.74) is 0. The lowest BCUT2D eigenvalue weighted by Crippen LogP contribution is -2.41. The first-order chi connectivity index (χ1) is 9.79. The summed E-state index contributed by atoms with van der Waals surface area (Å²) in [4.78, 5) is 0.249. The Morgan fingerprint density at radius 1 is 1.10 bits per heavy atom. The summed E-state index contributed by atoms with van der Waals surface area (Å²) in [5.74, 6) is 0.168. The van der Waals surface area contributed by atoms with Crippen LogP contribution in [0.4, 0.5) is 0 Å². The fourth-order valence-electron chi connectivity index (χ4n) is 2.36. The van der Waals surface area contributed by atoms with E-state index in [2.05, 4.69) is 4.72 Å². The van der Waals surface area contributed by atoms with Crippen LogP contribution in [0.5, 0.6) is 0 Å². The standard InChI is InChI=1S/C13H20N2O4S2/c1-20(16,17)15-9-7-12(8-10-15)11-14-21(18,19)13-5-3-2-4-6-13/h2-6,12,14H,7-11H2,1H3. The normalized spacial score (nSPS) is 18.7. The molecule has 0 unspecified atom stereocenters. The number of nitrogens with one attached hydrogen (secondary N) is 1. The summed E-state index contributed by atoms with van der Waals surface area (Å²) in [6, 6.07) is 8.22. The number of hydrogen-bond donors (Lipinski definition) is 1. The summed E-state index contributed by atoms with van der Waals surface area (Å²) in [6.07, 6.45) is 2.54. The zero-order chi connectivity index (χ0) is 15.5. The van der Waals surface area contributed by atoms with Crippen molar-refractivity contribution in [2.45, 2.75) is 17.7 Å². The average molecular weight is 332 g/mol. The fourth-order valence-corrected chi connectivity index (χ4v) is 4.37. The van der Waals surface area contributed by atoms with Crippen LogP contribution in [0.1, 0.15) is 12.8 Å². The van der Waals surface area contributed by atoms with Crippen molar-refractivity contribution in [3.05, 3.63) is 30.3 Å². The molecule has 0 bridgehead atoms. The summed E-state index contributed by atoms with van der Waals surface area (Å²) in [7, 11) is -6.62. The molecule has 0 aliphatic carbocycles. The van der Waals surface area contributed by atoms with E-state index in [0.29, 0.717) is 32.5 Å². The van der Waals surface area contributed by atoms with E-state index in [1.165, 1.54) is 10.6 Å². The van der Waals surface area contributed by atoms with E-state index < -0.39 is 20.0 Å². The maximum atomic E-state index is 12.1. The van der Waals surface area contributed by atoms with Crippen LogP contribution in [-0.2, 0) is 20.0 Å². The van der Waals surface area contributed by atoms with Crippen LogP contribution in [0.15, 0.2) is 35.2 Å². The summed E-state index contributed by atoms with van der Waals surface area (Å²) >= 11 is 0. The third-order valence-corrected chi connectivity index (χ3v) is 6.40. The molecule has 0 saturated carbocycles. The highest BCUT2D eigenvalue weighted by Crippen LogP contribution is 2.19.